The molecular weight excluding hydrogens is 856 g/mol. The van der Waals surface area contributed by atoms with Gasteiger partial charge in [0, 0.05) is 39.0 Å². The lowest BCUT2D eigenvalue weighted by Crippen LogP contribution is -2.38. The fourth-order valence-corrected chi connectivity index (χ4v) is 11.7. The monoisotopic (exact) mass is 941 g/mol. The molecule has 0 unspecified atom stereocenters. The first-order chi connectivity index (χ1) is 31.3. The molecule has 372 valence electrons. The number of carboxylic acid groups (broad SMARTS) is 1. The third kappa shape index (κ3) is 15.3. The summed E-state index contributed by atoms with van der Waals surface area (Å²) in [5.74, 6) is 3.38. The fraction of sp³-hybridized carbons (Fsp3) is 0.808. The van der Waals surface area contributed by atoms with Crippen LogP contribution in [0.4, 0.5) is 0 Å². The second-order valence-corrected chi connectivity index (χ2v) is 20.9. The number of carboxylic acids is 1. The highest BCUT2D eigenvalue weighted by Crippen LogP contribution is 2.35. The average Bonchev–Trinajstić information content (AvgIpc) is 3.79. The largest absolute Gasteiger partial charge is 0.481 e. The van der Waals surface area contributed by atoms with Crippen LogP contribution in [-0.4, -0.2) is 79.7 Å². The van der Waals surface area contributed by atoms with E-state index in [9.17, 15) is 19.2 Å². The number of aryl methyl sites for hydroxylation is 2. The molecular formula is C52H85ClN6O7. The molecule has 4 fully saturated rings. The van der Waals surface area contributed by atoms with Crippen molar-refractivity contribution < 1.29 is 33.8 Å². The molecule has 2 N–H and O–H groups in total. The molecule has 14 heteroatoms. The van der Waals surface area contributed by atoms with E-state index in [1.807, 2.05) is 6.92 Å². The van der Waals surface area contributed by atoms with Crippen LogP contribution in [0.15, 0.2) is 0 Å². The standard InChI is InChI=1S/C26H41N3O3.C15H25N3.C11H18O4.ClH/c1-4-32-26(31)22-11-9-20(10-12-22)15-25(30)28-14-13-23-19(3)27-29(24(23)17-28)16-21-7-5-18(2)6-8-21;1-11-3-5-13(6-4-11)10-18-15-9-16-8-7-14(15)12(2)17-18;1-2-15-11(14)9-5-3-8(4-6-9)7-10(12)13;/h18,20-22H,4-17H2,1-3H3;11,13,16H,3-10H2,1-2H3;8-9H,2-7H2,1H3,(H,12,13);1H. The number of esters is 2. The molecule has 2 aliphatic heterocycles. The number of aromatic nitrogens is 4. The van der Waals surface area contributed by atoms with Gasteiger partial charge in [0.25, 0.3) is 0 Å². The first-order valence-electron chi connectivity index (χ1n) is 25.9. The van der Waals surface area contributed by atoms with Crippen molar-refractivity contribution in [2.24, 2.45) is 47.3 Å². The topological polar surface area (TPSA) is 158 Å². The van der Waals surface area contributed by atoms with Crippen LogP contribution >= 0.6 is 12.4 Å². The van der Waals surface area contributed by atoms with Gasteiger partial charge in [0.2, 0.25) is 5.91 Å². The van der Waals surface area contributed by atoms with Gasteiger partial charge in [-0.2, -0.15) is 10.2 Å². The zero-order chi connectivity index (χ0) is 46.5. The first-order valence-corrected chi connectivity index (χ1v) is 25.9. The van der Waals surface area contributed by atoms with Crippen molar-refractivity contribution in [1.29, 1.82) is 0 Å². The molecule has 0 saturated heterocycles. The molecule has 4 saturated carbocycles. The number of nitrogens with zero attached hydrogens (tertiary/aromatic N) is 5. The maximum absolute atomic E-state index is 13.1. The molecule has 0 radical (unpaired) electrons. The third-order valence-corrected chi connectivity index (χ3v) is 15.9. The van der Waals surface area contributed by atoms with Crippen LogP contribution in [-0.2, 0) is 67.7 Å². The van der Waals surface area contributed by atoms with E-state index < -0.39 is 5.97 Å². The van der Waals surface area contributed by atoms with E-state index in [0.29, 0.717) is 32.1 Å². The summed E-state index contributed by atoms with van der Waals surface area (Å²) in [7, 11) is 0. The van der Waals surface area contributed by atoms with E-state index in [4.69, 9.17) is 24.8 Å². The Labute approximate surface area is 402 Å². The highest BCUT2D eigenvalue weighted by Gasteiger charge is 2.33. The first kappa shape index (κ1) is 53.5. The summed E-state index contributed by atoms with van der Waals surface area (Å²) in [5, 5.41) is 21.8. The third-order valence-electron chi connectivity index (χ3n) is 15.9. The molecule has 4 aliphatic carbocycles. The maximum atomic E-state index is 13.1. The number of halogens is 1. The number of hydrogen-bond acceptors (Lipinski definition) is 9. The Kier molecular flexibility index (Phi) is 21.4. The number of aliphatic carboxylic acids is 1. The normalized spacial score (nSPS) is 27.3. The van der Waals surface area contributed by atoms with Crippen molar-refractivity contribution in [3.8, 4) is 0 Å². The Morgan fingerprint density at radius 2 is 1.06 bits per heavy atom. The van der Waals surface area contributed by atoms with E-state index >= 15 is 0 Å². The van der Waals surface area contributed by atoms with Gasteiger partial charge in [-0.05, 0) is 171 Å². The Balaban J connectivity index is 0.000000203. The second-order valence-electron chi connectivity index (χ2n) is 20.9. The lowest BCUT2D eigenvalue weighted by atomic mass is 9.80. The number of nitrogens with one attached hydrogen (secondary N) is 1. The Morgan fingerprint density at radius 1 is 0.621 bits per heavy atom. The molecule has 0 spiro atoms. The van der Waals surface area contributed by atoms with Crippen molar-refractivity contribution in [2.45, 2.75) is 196 Å². The lowest BCUT2D eigenvalue weighted by Gasteiger charge is -2.32. The average molecular weight is 942 g/mol. The summed E-state index contributed by atoms with van der Waals surface area (Å²) >= 11 is 0. The molecule has 0 atom stereocenters. The number of carbonyl (C=O) groups is 4. The van der Waals surface area contributed by atoms with Crippen LogP contribution in [0.1, 0.15) is 177 Å². The molecule has 66 heavy (non-hydrogen) atoms. The van der Waals surface area contributed by atoms with Gasteiger partial charge in [-0.25, -0.2) is 0 Å². The van der Waals surface area contributed by atoms with Crippen LogP contribution < -0.4 is 5.32 Å². The number of carbonyl (C=O) groups excluding carboxylic acids is 3. The summed E-state index contributed by atoms with van der Waals surface area (Å²) in [6, 6.07) is 0. The van der Waals surface area contributed by atoms with E-state index in [1.54, 1.807) is 6.92 Å². The van der Waals surface area contributed by atoms with Gasteiger partial charge in [0.15, 0.2) is 0 Å². The Bertz CT molecular complexity index is 1850. The van der Waals surface area contributed by atoms with E-state index in [1.165, 1.54) is 79.6 Å². The van der Waals surface area contributed by atoms with Crippen molar-refractivity contribution in [3.05, 3.63) is 33.9 Å². The highest BCUT2D eigenvalue weighted by molar-refractivity contribution is 5.85. The minimum Gasteiger partial charge on any atom is -0.481 e. The van der Waals surface area contributed by atoms with Gasteiger partial charge in [0.05, 0.1) is 54.4 Å². The summed E-state index contributed by atoms with van der Waals surface area (Å²) in [4.78, 5) is 49.1. The Morgan fingerprint density at radius 3 is 1.53 bits per heavy atom. The maximum Gasteiger partial charge on any atom is 0.308 e. The minimum absolute atomic E-state index is 0. The van der Waals surface area contributed by atoms with Crippen LogP contribution in [0.5, 0.6) is 0 Å². The summed E-state index contributed by atoms with van der Waals surface area (Å²) in [6.45, 7) is 19.4. The molecule has 2 aromatic rings. The number of hydrogen-bond donors (Lipinski definition) is 2. The smallest absolute Gasteiger partial charge is 0.308 e. The zero-order valence-corrected chi connectivity index (χ0v) is 42.3. The summed E-state index contributed by atoms with van der Waals surface area (Å²) in [5.41, 5.74) is 8.01. The molecule has 0 aromatic carbocycles. The van der Waals surface area contributed by atoms with Crippen molar-refractivity contribution in [2.75, 3.05) is 26.3 Å². The van der Waals surface area contributed by atoms with Crippen LogP contribution in [0, 0.1) is 61.2 Å². The fourth-order valence-electron chi connectivity index (χ4n) is 11.7. The van der Waals surface area contributed by atoms with Gasteiger partial charge in [-0.3, -0.25) is 28.5 Å². The van der Waals surface area contributed by atoms with Gasteiger partial charge in [-0.1, -0.05) is 39.5 Å². The van der Waals surface area contributed by atoms with Gasteiger partial charge >= 0.3 is 17.9 Å². The van der Waals surface area contributed by atoms with Crippen LogP contribution in [0.3, 0.4) is 0 Å². The van der Waals surface area contributed by atoms with Gasteiger partial charge < -0.3 is 24.8 Å². The lowest BCUT2D eigenvalue weighted by molar-refractivity contribution is -0.150. The Hall–Kier alpha value is -3.45. The summed E-state index contributed by atoms with van der Waals surface area (Å²) in [6.07, 6.45) is 20.6. The van der Waals surface area contributed by atoms with Gasteiger partial charge in [0.1, 0.15) is 0 Å². The number of amides is 1. The minimum atomic E-state index is -0.741. The predicted octanol–water partition coefficient (Wildman–Crippen LogP) is 9.58. The second kappa shape index (κ2) is 26.3. The number of ether oxygens (including phenoxy) is 2. The number of rotatable bonds is 12. The van der Waals surface area contributed by atoms with Crippen molar-refractivity contribution in [3.63, 3.8) is 0 Å². The van der Waals surface area contributed by atoms with Gasteiger partial charge in [-0.15, -0.1) is 12.4 Å². The molecule has 1 amide bonds. The predicted molar refractivity (Wildman–Crippen MR) is 259 cm³/mol. The van der Waals surface area contributed by atoms with E-state index in [2.05, 4.69) is 47.3 Å². The van der Waals surface area contributed by atoms with Crippen LogP contribution in [0.2, 0.25) is 0 Å². The van der Waals surface area contributed by atoms with E-state index in [0.717, 1.165) is 126 Å². The molecule has 0 bridgehead atoms. The number of fused-ring (bicyclic) bond motifs is 2. The molecule has 4 heterocycles. The van der Waals surface area contributed by atoms with Crippen LogP contribution in [0.25, 0.3) is 0 Å². The van der Waals surface area contributed by atoms with Crippen molar-refractivity contribution in [1.82, 2.24) is 29.8 Å². The quantitative estimate of drug-likeness (QED) is 0.197. The molecule has 2 aromatic heterocycles. The molecule has 8 rings (SSSR count). The van der Waals surface area contributed by atoms with E-state index in [-0.39, 0.29) is 54.4 Å². The molecule has 6 aliphatic rings. The highest BCUT2D eigenvalue weighted by atomic mass is 35.5. The molecule has 13 nitrogen and oxygen atoms in total. The SMILES string of the molecule is CCOC(=O)C1CCC(CC(=O)N2CCc3c(C)nn(CC4CCC(C)CC4)c3C2)CC1.CCOC(=O)C1CCC(CC(=O)O)CC1.Cc1nn(CC2CCC(C)CC2)c2c1CCNC2.Cl. The van der Waals surface area contributed by atoms with Crippen molar-refractivity contribution >= 4 is 36.2 Å². The summed E-state index contributed by atoms with van der Waals surface area (Å²) < 4.78 is 14.7. The zero-order valence-electron chi connectivity index (χ0n) is 41.5.